The van der Waals surface area contributed by atoms with E-state index in [1.54, 1.807) is 9.80 Å². The lowest BCUT2D eigenvalue weighted by Crippen LogP contribution is -2.37. The smallest absolute Gasteiger partial charge is 0.310 e. The largest absolute Gasteiger partial charge is 0.469 e. The molecule has 0 spiro atoms. The average molecular weight is 344 g/mol. The van der Waals surface area contributed by atoms with Crippen molar-refractivity contribution in [2.24, 2.45) is 11.8 Å². The number of amides is 2. The molecule has 0 N–H and O–H groups in total. The topological polar surface area (TPSA) is 66.9 Å². The minimum Gasteiger partial charge on any atom is -0.469 e. The van der Waals surface area contributed by atoms with Crippen molar-refractivity contribution in [3.05, 3.63) is 35.9 Å². The average Bonchev–Trinajstić information content (AvgIpc) is 3.27. The Balaban J connectivity index is 1.62. The molecule has 1 aromatic carbocycles. The van der Waals surface area contributed by atoms with Crippen LogP contribution in [0.1, 0.15) is 31.4 Å². The van der Waals surface area contributed by atoms with Gasteiger partial charge in [0.1, 0.15) is 0 Å². The molecule has 3 rings (SSSR count). The molecule has 25 heavy (non-hydrogen) atoms. The van der Waals surface area contributed by atoms with Crippen LogP contribution < -0.4 is 0 Å². The van der Waals surface area contributed by atoms with Gasteiger partial charge < -0.3 is 14.5 Å². The second kappa shape index (κ2) is 7.25. The van der Waals surface area contributed by atoms with Crippen LogP contribution in [0.2, 0.25) is 0 Å². The molecule has 0 aliphatic carbocycles. The lowest BCUT2D eigenvalue weighted by atomic mass is 10.1. The number of carbonyl (C=O) groups is 3. The molecule has 6 heteroatoms. The molecule has 2 aliphatic rings. The Morgan fingerprint density at radius 2 is 1.88 bits per heavy atom. The number of ether oxygens (including phenoxy) is 1. The standard InChI is InChI=1S/C19H24N2O4/c1-13(14-6-4-3-5-7-14)21-12-16(10-17(21)22)18(23)20-9-8-15(11-20)19(24)25-2/h3-7,13,15-16H,8-12H2,1-2H3. The Hall–Kier alpha value is -2.37. The van der Waals surface area contributed by atoms with Gasteiger partial charge in [0.15, 0.2) is 0 Å². The van der Waals surface area contributed by atoms with Crippen LogP contribution >= 0.6 is 0 Å². The quantitative estimate of drug-likeness (QED) is 0.779. The van der Waals surface area contributed by atoms with Crippen LogP contribution in [0.4, 0.5) is 0 Å². The van der Waals surface area contributed by atoms with Crippen molar-refractivity contribution in [2.75, 3.05) is 26.7 Å². The summed E-state index contributed by atoms with van der Waals surface area (Å²) in [4.78, 5) is 40.3. The summed E-state index contributed by atoms with van der Waals surface area (Å²) < 4.78 is 4.76. The Morgan fingerprint density at radius 1 is 1.16 bits per heavy atom. The second-order valence-electron chi connectivity index (χ2n) is 6.83. The summed E-state index contributed by atoms with van der Waals surface area (Å²) in [5.41, 5.74) is 1.07. The first-order valence-electron chi connectivity index (χ1n) is 8.72. The Bertz CT molecular complexity index is 661. The molecule has 1 aromatic rings. The molecule has 2 fully saturated rings. The predicted octanol–water partition coefficient (Wildman–Crippen LogP) is 1.62. The number of benzene rings is 1. The van der Waals surface area contributed by atoms with Crippen LogP contribution in [-0.2, 0) is 19.1 Å². The van der Waals surface area contributed by atoms with Gasteiger partial charge in [-0.2, -0.15) is 0 Å². The minimum absolute atomic E-state index is 0.0124. The van der Waals surface area contributed by atoms with Gasteiger partial charge in [-0.15, -0.1) is 0 Å². The van der Waals surface area contributed by atoms with Gasteiger partial charge in [-0.25, -0.2) is 0 Å². The van der Waals surface area contributed by atoms with E-state index in [2.05, 4.69) is 0 Å². The van der Waals surface area contributed by atoms with Crippen molar-refractivity contribution in [3.8, 4) is 0 Å². The van der Waals surface area contributed by atoms with Gasteiger partial charge >= 0.3 is 5.97 Å². The Kier molecular flexibility index (Phi) is 5.06. The molecule has 0 bridgehead atoms. The van der Waals surface area contributed by atoms with E-state index in [4.69, 9.17) is 4.74 Å². The first kappa shape index (κ1) is 17.5. The van der Waals surface area contributed by atoms with Crippen molar-refractivity contribution in [1.29, 1.82) is 0 Å². The molecule has 2 heterocycles. The monoisotopic (exact) mass is 344 g/mol. The number of hydrogen-bond donors (Lipinski definition) is 0. The number of hydrogen-bond acceptors (Lipinski definition) is 4. The van der Waals surface area contributed by atoms with E-state index < -0.39 is 0 Å². The van der Waals surface area contributed by atoms with Crippen molar-refractivity contribution < 1.29 is 19.1 Å². The first-order chi connectivity index (χ1) is 12.0. The van der Waals surface area contributed by atoms with Crippen LogP contribution in [-0.4, -0.2) is 54.3 Å². The summed E-state index contributed by atoms with van der Waals surface area (Å²) in [6, 6.07) is 9.79. The van der Waals surface area contributed by atoms with Crippen LogP contribution in [0.25, 0.3) is 0 Å². The molecule has 0 saturated carbocycles. The number of esters is 1. The summed E-state index contributed by atoms with van der Waals surface area (Å²) in [5, 5.41) is 0. The van der Waals surface area contributed by atoms with Crippen LogP contribution in [0.3, 0.4) is 0 Å². The first-order valence-corrected chi connectivity index (χ1v) is 8.72. The third kappa shape index (κ3) is 3.52. The van der Waals surface area contributed by atoms with Gasteiger partial charge in [0.05, 0.1) is 25.0 Å². The zero-order chi connectivity index (χ0) is 18.0. The number of nitrogens with zero attached hydrogens (tertiary/aromatic N) is 2. The van der Waals surface area contributed by atoms with E-state index in [1.165, 1.54) is 7.11 Å². The lowest BCUT2D eigenvalue weighted by Gasteiger charge is -2.26. The lowest BCUT2D eigenvalue weighted by molar-refractivity contribution is -0.145. The van der Waals surface area contributed by atoms with Crippen molar-refractivity contribution >= 4 is 17.8 Å². The van der Waals surface area contributed by atoms with Gasteiger partial charge in [-0.05, 0) is 18.9 Å². The summed E-state index contributed by atoms with van der Waals surface area (Å²) in [6.07, 6.45) is 0.874. The third-order valence-corrected chi connectivity index (χ3v) is 5.29. The second-order valence-corrected chi connectivity index (χ2v) is 6.83. The van der Waals surface area contributed by atoms with E-state index in [1.807, 2.05) is 37.3 Å². The van der Waals surface area contributed by atoms with Gasteiger partial charge in [-0.3, -0.25) is 14.4 Å². The maximum atomic E-state index is 12.7. The molecular formula is C19H24N2O4. The molecule has 6 nitrogen and oxygen atoms in total. The van der Waals surface area contributed by atoms with Gasteiger partial charge in [0.25, 0.3) is 0 Å². The number of carbonyl (C=O) groups excluding carboxylic acids is 3. The highest BCUT2D eigenvalue weighted by Gasteiger charge is 2.41. The van der Waals surface area contributed by atoms with Crippen LogP contribution in [0.15, 0.2) is 30.3 Å². The number of methoxy groups -OCH3 is 1. The van der Waals surface area contributed by atoms with Crippen LogP contribution in [0.5, 0.6) is 0 Å². The summed E-state index contributed by atoms with van der Waals surface area (Å²) in [6.45, 7) is 3.37. The number of likely N-dealkylation sites (tertiary alicyclic amines) is 2. The fourth-order valence-electron chi connectivity index (χ4n) is 3.76. The zero-order valence-corrected chi connectivity index (χ0v) is 14.7. The molecule has 2 amide bonds. The molecule has 3 unspecified atom stereocenters. The van der Waals surface area contributed by atoms with Gasteiger partial charge in [-0.1, -0.05) is 30.3 Å². The van der Waals surface area contributed by atoms with Gasteiger partial charge in [0.2, 0.25) is 11.8 Å². The molecule has 2 aliphatic heterocycles. The molecule has 3 atom stereocenters. The van der Waals surface area contributed by atoms with E-state index in [0.29, 0.717) is 26.1 Å². The van der Waals surface area contributed by atoms with E-state index in [-0.39, 0.29) is 42.1 Å². The Morgan fingerprint density at radius 3 is 2.56 bits per heavy atom. The summed E-state index contributed by atoms with van der Waals surface area (Å²) >= 11 is 0. The molecule has 2 saturated heterocycles. The van der Waals surface area contributed by atoms with Gasteiger partial charge in [0, 0.05) is 26.1 Å². The SMILES string of the molecule is COC(=O)C1CCN(C(=O)C2CC(=O)N(C(C)c3ccccc3)C2)C1. The Labute approximate surface area is 147 Å². The van der Waals surface area contributed by atoms with Crippen molar-refractivity contribution in [1.82, 2.24) is 9.80 Å². The predicted molar refractivity (Wildman–Crippen MR) is 91.4 cm³/mol. The third-order valence-electron chi connectivity index (χ3n) is 5.29. The number of rotatable bonds is 4. The molecule has 134 valence electrons. The fraction of sp³-hybridized carbons (Fsp3) is 0.526. The fourth-order valence-corrected chi connectivity index (χ4v) is 3.76. The molecule has 0 aromatic heterocycles. The highest BCUT2D eigenvalue weighted by atomic mass is 16.5. The highest BCUT2D eigenvalue weighted by Crippen LogP contribution is 2.30. The van der Waals surface area contributed by atoms with E-state index in [0.717, 1.165) is 5.56 Å². The summed E-state index contributed by atoms with van der Waals surface area (Å²) in [7, 11) is 1.37. The maximum absolute atomic E-state index is 12.7. The van der Waals surface area contributed by atoms with E-state index >= 15 is 0 Å². The maximum Gasteiger partial charge on any atom is 0.310 e. The highest BCUT2D eigenvalue weighted by molar-refractivity contribution is 5.90. The van der Waals surface area contributed by atoms with Crippen LogP contribution in [0, 0.1) is 11.8 Å². The minimum atomic E-state index is -0.324. The van der Waals surface area contributed by atoms with E-state index in [9.17, 15) is 14.4 Å². The van der Waals surface area contributed by atoms with Crippen molar-refractivity contribution in [3.63, 3.8) is 0 Å². The van der Waals surface area contributed by atoms with Crippen molar-refractivity contribution in [2.45, 2.75) is 25.8 Å². The zero-order valence-electron chi connectivity index (χ0n) is 14.7. The molecular weight excluding hydrogens is 320 g/mol. The normalized spacial score (nSPS) is 24.5. The summed E-state index contributed by atoms with van der Waals surface area (Å²) in [5.74, 6) is -0.849. The molecule has 0 radical (unpaired) electrons.